The average Bonchev–Trinajstić information content (AvgIpc) is 2.73. The lowest BCUT2D eigenvalue weighted by Crippen LogP contribution is -1.93. The Hall–Kier alpha value is -2.43. The minimum Gasteiger partial charge on any atom is -0.353 e. The molecule has 0 unspecified atom stereocenters. The Morgan fingerprint density at radius 3 is 2.71 bits per heavy atom. The fraction of sp³-hybridized carbons (Fsp3) is 0.0833. The summed E-state index contributed by atoms with van der Waals surface area (Å²) in [6.07, 6.45) is 6.83. The molecule has 0 radical (unpaired) electrons. The van der Waals surface area contributed by atoms with Crippen molar-refractivity contribution in [2.45, 2.75) is 0 Å². The number of fused-ring (bicyclic) bond motifs is 1. The first kappa shape index (κ1) is 9.77. The number of hydrogen-bond acceptors (Lipinski definition) is 4. The van der Waals surface area contributed by atoms with Crippen LogP contribution in [-0.2, 0) is 7.05 Å². The molecular weight excluding hydrogens is 214 g/mol. The first-order chi connectivity index (χ1) is 8.33. The van der Waals surface area contributed by atoms with Crippen LogP contribution in [0.1, 0.15) is 0 Å². The monoisotopic (exact) mass is 225 g/mol. The Bertz CT molecular complexity index is 644. The summed E-state index contributed by atoms with van der Waals surface area (Å²) < 4.78 is 1.85. The van der Waals surface area contributed by atoms with Gasteiger partial charge in [-0.1, -0.05) is 0 Å². The number of benzene rings is 1. The molecule has 1 aromatic carbocycles. The Kier molecular flexibility index (Phi) is 2.22. The lowest BCUT2D eigenvalue weighted by Gasteiger charge is -2.05. The maximum absolute atomic E-state index is 4.21. The summed E-state index contributed by atoms with van der Waals surface area (Å²) in [6.45, 7) is 0. The van der Waals surface area contributed by atoms with Crippen LogP contribution in [0.25, 0.3) is 10.9 Å². The highest BCUT2D eigenvalue weighted by Gasteiger charge is 2.01. The van der Waals surface area contributed by atoms with E-state index in [9.17, 15) is 0 Å². The van der Waals surface area contributed by atoms with Gasteiger partial charge < -0.3 is 5.32 Å². The SMILES string of the molecule is Cn1ncc2ccc(Nc3cncnc3)cc21. The second-order valence-corrected chi connectivity index (χ2v) is 3.79. The smallest absolute Gasteiger partial charge is 0.115 e. The first-order valence-corrected chi connectivity index (χ1v) is 5.27. The van der Waals surface area contributed by atoms with E-state index in [1.807, 2.05) is 30.1 Å². The number of aromatic nitrogens is 4. The summed E-state index contributed by atoms with van der Waals surface area (Å²) in [4.78, 5) is 7.92. The van der Waals surface area contributed by atoms with Crippen molar-refractivity contribution in [3.05, 3.63) is 43.1 Å². The van der Waals surface area contributed by atoms with Gasteiger partial charge >= 0.3 is 0 Å². The minimum atomic E-state index is 0.869. The lowest BCUT2D eigenvalue weighted by molar-refractivity contribution is 0.797. The van der Waals surface area contributed by atoms with Crippen molar-refractivity contribution < 1.29 is 0 Å². The number of hydrogen-bond donors (Lipinski definition) is 1. The normalized spacial score (nSPS) is 10.6. The lowest BCUT2D eigenvalue weighted by atomic mass is 10.2. The molecule has 0 saturated heterocycles. The quantitative estimate of drug-likeness (QED) is 0.725. The van der Waals surface area contributed by atoms with E-state index in [4.69, 9.17) is 0 Å². The Balaban J connectivity index is 1.98. The number of anilines is 2. The molecule has 0 amide bonds. The molecule has 5 heteroatoms. The Morgan fingerprint density at radius 1 is 1.06 bits per heavy atom. The standard InChI is InChI=1S/C12H11N5/c1-17-12-4-10(3-2-9(12)5-15-17)16-11-6-13-8-14-7-11/h2-8,16H,1H3. The molecule has 0 aliphatic heterocycles. The van der Waals surface area contributed by atoms with Crippen LogP contribution in [0.15, 0.2) is 43.1 Å². The van der Waals surface area contributed by atoms with Gasteiger partial charge in [0.25, 0.3) is 0 Å². The molecule has 0 fully saturated rings. The summed E-state index contributed by atoms with van der Waals surface area (Å²) >= 11 is 0. The summed E-state index contributed by atoms with van der Waals surface area (Å²) in [5.41, 5.74) is 2.96. The molecule has 2 heterocycles. The van der Waals surface area contributed by atoms with Gasteiger partial charge in [-0.2, -0.15) is 5.10 Å². The maximum Gasteiger partial charge on any atom is 0.115 e. The van der Waals surface area contributed by atoms with E-state index in [1.165, 1.54) is 6.33 Å². The molecule has 1 N–H and O–H groups in total. The van der Waals surface area contributed by atoms with Crippen LogP contribution in [-0.4, -0.2) is 19.7 Å². The maximum atomic E-state index is 4.21. The molecule has 0 bridgehead atoms. The van der Waals surface area contributed by atoms with Crippen molar-refractivity contribution in [3.63, 3.8) is 0 Å². The molecule has 5 nitrogen and oxygen atoms in total. The van der Waals surface area contributed by atoms with Gasteiger partial charge in [-0.05, 0) is 18.2 Å². The van der Waals surface area contributed by atoms with Crippen LogP contribution in [0.5, 0.6) is 0 Å². The molecule has 0 aliphatic rings. The average molecular weight is 225 g/mol. The van der Waals surface area contributed by atoms with Gasteiger partial charge in [0, 0.05) is 18.1 Å². The minimum absolute atomic E-state index is 0.869. The molecule has 2 aromatic heterocycles. The summed E-state index contributed by atoms with van der Waals surface area (Å²) in [5.74, 6) is 0. The molecule has 0 atom stereocenters. The zero-order valence-corrected chi connectivity index (χ0v) is 9.33. The topological polar surface area (TPSA) is 55.6 Å². The fourth-order valence-corrected chi connectivity index (χ4v) is 1.75. The highest BCUT2D eigenvalue weighted by atomic mass is 15.2. The molecule has 0 spiro atoms. The molecule has 17 heavy (non-hydrogen) atoms. The largest absolute Gasteiger partial charge is 0.353 e. The molecule has 84 valence electrons. The van der Waals surface area contributed by atoms with Gasteiger partial charge in [-0.15, -0.1) is 0 Å². The third-order valence-corrected chi connectivity index (χ3v) is 2.60. The van der Waals surface area contributed by atoms with Crippen LogP contribution in [0, 0.1) is 0 Å². The van der Waals surface area contributed by atoms with E-state index in [1.54, 1.807) is 12.4 Å². The van der Waals surface area contributed by atoms with Gasteiger partial charge in [0.05, 0.1) is 29.8 Å². The van der Waals surface area contributed by atoms with Crippen LogP contribution in [0.2, 0.25) is 0 Å². The Labute approximate surface area is 98.1 Å². The number of aryl methyl sites for hydroxylation is 1. The van der Waals surface area contributed by atoms with Gasteiger partial charge in [-0.25, -0.2) is 9.97 Å². The van der Waals surface area contributed by atoms with Crippen molar-refractivity contribution >= 4 is 22.3 Å². The fourth-order valence-electron chi connectivity index (χ4n) is 1.75. The third-order valence-electron chi connectivity index (χ3n) is 2.60. The van der Waals surface area contributed by atoms with Crippen molar-refractivity contribution in [2.24, 2.45) is 7.05 Å². The zero-order valence-electron chi connectivity index (χ0n) is 9.33. The van der Waals surface area contributed by atoms with E-state index in [0.29, 0.717) is 0 Å². The van der Waals surface area contributed by atoms with E-state index >= 15 is 0 Å². The predicted molar refractivity (Wildman–Crippen MR) is 66.0 cm³/mol. The van der Waals surface area contributed by atoms with Crippen LogP contribution in [0.3, 0.4) is 0 Å². The van der Waals surface area contributed by atoms with E-state index < -0.39 is 0 Å². The van der Waals surface area contributed by atoms with Crippen LogP contribution >= 0.6 is 0 Å². The van der Waals surface area contributed by atoms with Crippen molar-refractivity contribution in [2.75, 3.05) is 5.32 Å². The van der Waals surface area contributed by atoms with Gasteiger partial charge in [-0.3, -0.25) is 4.68 Å². The summed E-state index contributed by atoms with van der Waals surface area (Å²) in [7, 11) is 1.93. The van der Waals surface area contributed by atoms with Gasteiger partial charge in [0.1, 0.15) is 6.33 Å². The highest BCUT2D eigenvalue weighted by Crippen LogP contribution is 2.20. The molecule has 3 rings (SSSR count). The Morgan fingerprint density at radius 2 is 1.88 bits per heavy atom. The summed E-state index contributed by atoms with van der Waals surface area (Å²) in [5, 5.41) is 8.58. The second-order valence-electron chi connectivity index (χ2n) is 3.79. The highest BCUT2D eigenvalue weighted by molar-refractivity contribution is 5.83. The van der Waals surface area contributed by atoms with Gasteiger partial charge in [0.2, 0.25) is 0 Å². The van der Waals surface area contributed by atoms with E-state index in [-0.39, 0.29) is 0 Å². The summed E-state index contributed by atoms with van der Waals surface area (Å²) in [6, 6.07) is 6.10. The second kappa shape index (κ2) is 3.86. The van der Waals surface area contributed by atoms with Crippen LogP contribution in [0.4, 0.5) is 11.4 Å². The van der Waals surface area contributed by atoms with Crippen molar-refractivity contribution in [1.29, 1.82) is 0 Å². The van der Waals surface area contributed by atoms with Crippen molar-refractivity contribution in [1.82, 2.24) is 19.7 Å². The van der Waals surface area contributed by atoms with E-state index in [2.05, 4.69) is 26.4 Å². The van der Waals surface area contributed by atoms with Crippen LogP contribution < -0.4 is 5.32 Å². The number of rotatable bonds is 2. The van der Waals surface area contributed by atoms with E-state index in [0.717, 1.165) is 22.3 Å². The molecule has 0 saturated carbocycles. The molecular formula is C12H11N5. The molecule has 3 aromatic rings. The zero-order chi connectivity index (χ0) is 11.7. The number of nitrogens with zero attached hydrogens (tertiary/aromatic N) is 4. The van der Waals surface area contributed by atoms with Gasteiger partial charge in [0.15, 0.2) is 0 Å². The third kappa shape index (κ3) is 1.82. The van der Waals surface area contributed by atoms with Crippen molar-refractivity contribution in [3.8, 4) is 0 Å². The first-order valence-electron chi connectivity index (χ1n) is 5.27. The predicted octanol–water partition coefficient (Wildman–Crippen LogP) is 2.11. The number of nitrogens with one attached hydrogen (secondary N) is 1. The molecule has 0 aliphatic carbocycles.